The van der Waals surface area contributed by atoms with Crippen molar-refractivity contribution in [1.82, 2.24) is 9.97 Å². The van der Waals surface area contributed by atoms with Crippen molar-refractivity contribution in [2.24, 2.45) is 0 Å². The summed E-state index contributed by atoms with van der Waals surface area (Å²) in [6.07, 6.45) is 0. The second kappa shape index (κ2) is 7.75. The Morgan fingerprint density at radius 1 is 0.786 bits per heavy atom. The molecule has 138 valence electrons. The van der Waals surface area contributed by atoms with Crippen LogP contribution < -0.4 is 15.4 Å². The van der Waals surface area contributed by atoms with Crippen LogP contribution in [0.25, 0.3) is 10.9 Å². The summed E-state index contributed by atoms with van der Waals surface area (Å²) in [7, 11) is 0. The highest BCUT2D eigenvalue weighted by atomic mass is 16.5. The number of ether oxygens (including phenoxy) is 1. The largest absolute Gasteiger partial charge is 0.457 e. The fourth-order valence-corrected chi connectivity index (χ4v) is 2.81. The van der Waals surface area contributed by atoms with E-state index in [-0.39, 0.29) is 5.96 Å². The predicted molar refractivity (Wildman–Crippen MR) is 112 cm³/mol. The lowest BCUT2D eigenvalue weighted by atomic mass is 10.2. The van der Waals surface area contributed by atoms with Gasteiger partial charge in [0.25, 0.3) is 0 Å². The maximum atomic E-state index is 8.14. The van der Waals surface area contributed by atoms with Crippen molar-refractivity contribution in [1.29, 1.82) is 5.41 Å². The molecule has 4 rings (SSSR count). The van der Waals surface area contributed by atoms with Gasteiger partial charge in [0.05, 0.1) is 11.2 Å². The van der Waals surface area contributed by atoms with Crippen molar-refractivity contribution in [3.05, 3.63) is 84.6 Å². The highest BCUT2D eigenvalue weighted by molar-refractivity contribution is 6.00. The summed E-state index contributed by atoms with van der Waals surface area (Å²) >= 11 is 0. The number of aryl methyl sites for hydroxylation is 1. The minimum absolute atomic E-state index is 0.0893. The molecule has 0 saturated carbocycles. The quantitative estimate of drug-likeness (QED) is 0.341. The van der Waals surface area contributed by atoms with Gasteiger partial charge in [-0.05, 0) is 49.4 Å². The molecular weight excluding hydrogens is 350 g/mol. The highest BCUT2D eigenvalue weighted by Gasteiger charge is 2.06. The van der Waals surface area contributed by atoms with Crippen molar-refractivity contribution in [2.45, 2.75) is 6.92 Å². The summed E-state index contributed by atoms with van der Waals surface area (Å²) < 4.78 is 5.77. The van der Waals surface area contributed by atoms with E-state index in [9.17, 15) is 0 Å². The lowest BCUT2D eigenvalue weighted by Crippen LogP contribution is -2.22. The van der Waals surface area contributed by atoms with Crippen molar-refractivity contribution in [2.75, 3.05) is 10.6 Å². The highest BCUT2D eigenvalue weighted by Crippen LogP contribution is 2.22. The molecule has 0 saturated heterocycles. The number of guanidine groups is 1. The van der Waals surface area contributed by atoms with Crippen molar-refractivity contribution >= 4 is 28.5 Å². The Kier molecular flexibility index (Phi) is 4.84. The Hall–Kier alpha value is -3.93. The van der Waals surface area contributed by atoms with E-state index in [1.807, 2.05) is 85.8 Å². The van der Waals surface area contributed by atoms with Crippen molar-refractivity contribution in [3.63, 3.8) is 0 Å². The zero-order valence-electron chi connectivity index (χ0n) is 15.3. The summed E-state index contributed by atoms with van der Waals surface area (Å²) in [6, 6.07) is 24.8. The first kappa shape index (κ1) is 17.5. The van der Waals surface area contributed by atoms with Gasteiger partial charge in [0.15, 0.2) is 5.96 Å². The van der Waals surface area contributed by atoms with Gasteiger partial charge in [-0.25, -0.2) is 9.97 Å². The van der Waals surface area contributed by atoms with E-state index in [2.05, 4.69) is 20.6 Å². The third-order valence-corrected chi connectivity index (χ3v) is 4.13. The van der Waals surface area contributed by atoms with Crippen molar-refractivity contribution in [3.8, 4) is 11.5 Å². The molecule has 0 bridgehead atoms. The van der Waals surface area contributed by atoms with E-state index < -0.39 is 0 Å². The van der Waals surface area contributed by atoms with Gasteiger partial charge in [-0.2, -0.15) is 0 Å². The average molecular weight is 369 g/mol. The molecule has 1 aromatic heterocycles. The van der Waals surface area contributed by atoms with E-state index in [0.29, 0.717) is 5.95 Å². The van der Waals surface area contributed by atoms with Crippen LogP contribution in [-0.2, 0) is 0 Å². The molecular formula is C22H19N5O. The summed E-state index contributed by atoms with van der Waals surface area (Å²) in [6.45, 7) is 1.93. The van der Waals surface area contributed by atoms with E-state index in [1.54, 1.807) is 0 Å². The molecule has 0 aliphatic heterocycles. The predicted octanol–water partition coefficient (Wildman–Crippen LogP) is 5.19. The van der Waals surface area contributed by atoms with E-state index >= 15 is 0 Å². The summed E-state index contributed by atoms with van der Waals surface area (Å²) in [5.74, 6) is 1.98. The maximum absolute atomic E-state index is 8.14. The minimum Gasteiger partial charge on any atom is -0.457 e. The molecule has 6 heteroatoms. The number of para-hydroxylation sites is 2. The second-order valence-corrected chi connectivity index (χ2v) is 6.21. The summed E-state index contributed by atoms with van der Waals surface area (Å²) in [4.78, 5) is 8.88. The Morgan fingerprint density at radius 3 is 2.25 bits per heavy atom. The number of nitrogens with zero attached hydrogens (tertiary/aromatic N) is 2. The zero-order chi connectivity index (χ0) is 19.3. The van der Waals surface area contributed by atoms with Gasteiger partial charge in [-0.15, -0.1) is 0 Å². The number of rotatable bonds is 4. The monoisotopic (exact) mass is 369 g/mol. The fraction of sp³-hybridized carbons (Fsp3) is 0.0455. The fourth-order valence-electron chi connectivity index (χ4n) is 2.81. The third kappa shape index (κ3) is 4.07. The maximum Gasteiger partial charge on any atom is 0.230 e. The topological polar surface area (TPSA) is 82.9 Å². The molecule has 1 heterocycles. The van der Waals surface area contributed by atoms with Gasteiger partial charge in [-0.1, -0.05) is 36.4 Å². The van der Waals surface area contributed by atoms with Crippen LogP contribution in [0.4, 0.5) is 11.6 Å². The number of fused-ring (bicyclic) bond motifs is 1. The van der Waals surface area contributed by atoms with Crippen LogP contribution in [0.2, 0.25) is 0 Å². The molecule has 6 nitrogen and oxygen atoms in total. The molecule has 0 aliphatic rings. The smallest absolute Gasteiger partial charge is 0.230 e. The van der Waals surface area contributed by atoms with Gasteiger partial charge in [0, 0.05) is 11.1 Å². The first-order chi connectivity index (χ1) is 13.7. The third-order valence-electron chi connectivity index (χ3n) is 4.13. The first-order valence-corrected chi connectivity index (χ1v) is 8.86. The van der Waals surface area contributed by atoms with Crippen LogP contribution in [0, 0.1) is 12.3 Å². The molecule has 0 atom stereocenters. The normalized spacial score (nSPS) is 10.5. The standard InChI is InChI=1S/C22H19N5O/c1-15-19-9-5-6-10-20(19)26-22(24-15)27-21(23)25-16-11-13-18(14-12-16)28-17-7-3-2-4-8-17/h2-14H,1H3,(H3,23,24,25,26,27). The molecule has 0 fully saturated rings. The average Bonchev–Trinajstić information content (AvgIpc) is 2.70. The van der Waals surface area contributed by atoms with Crippen LogP contribution in [0.15, 0.2) is 78.9 Å². The molecule has 0 amide bonds. The van der Waals surface area contributed by atoms with Crippen LogP contribution in [0.3, 0.4) is 0 Å². The number of anilines is 2. The van der Waals surface area contributed by atoms with Crippen LogP contribution in [0.5, 0.6) is 11.5 Å². The molecule has 3 aromatic carbocycles. The minimum atomic E-state index is 0.0893. The van der Waals surface area contributed by atoms with Crippen LogP contribution >= 0.6 is 0 Å². The SMILES string of the molecule is Cc1nc(NC(=N)Nc2ccc(Oc3ccccc3)cc2)nc2ccccc12. The van der Waals surface area contributed by atoms with Crippen LogP contribution in [-0.4, -0.2) is 15.9 Å². The summed E-state index contributed by atoms with van der Waals surface area (Å²) in [5.41, 5.74) is 2.46. The molecule has 0 unspecified atom stereocenters. The second-order valence-electron chi connectivity index (χ2n) is 6.21. The number of benzene rings is 3. The van der Waals surface area contributed by atoms with Gasteiger partial charge in [-0.3, -0.25) is 10.7 Å². The molecule has 28 heavy (non-hydrogen) atoms. The first-order valence-electron chi connectivity index (χ1n) is 8.86. The molecule has 4 aromatic rings. The van der Waals surface area contributed by atoms with Gasteiger partial charge < -0.3 is 10.1 Å². The lowest BCUT2D eigenvalue weighted by molar-refractivity contribution is 0.483. The molecule has 0 spiro atoms. The Labute approximate surface area is 162 Å². The molecule has 3 N–H and O–H groups in total. The summed E-state index contributed by atoms with van der Waals surface area (Å²) in [5, 5.41) is 15.0. The Morgan fingerprint density at radius 2 is 1.46 bits per heavy atom. The number of hydrogen-bond acceptors (Lipinski definition) is 4. The number of aromatic nitrogens is 2. The van der Waals surface area contributed by atoms with E-state index in [0.717, 1.165) is 33.8 Å². The number of nitrogens with one attached hydrogen (secondary N) is 3. The van der Waals surface area contributed by atoms with E-state index in [4.69, 9.17) is 10.1 Å². The molecule has 0 aliphatic carbocycles. The number of hydrogen-bond donors (Lipinski definition) is 3. The van der Waals surface area contributed by atoms with Gasteiger partial charge in [0.1, 0.15) is 11.5 Å². The Balaban J connectivity index is 1.41. The lowest BCUT2D eigenvalue weighted by Gasteiger charge is -2.11. The zero-order valence-corrected chi connectivity index (χ0v) is 15.3. The van der Waals surface area contributed by atoms with Gasteiger partial charge in [0.2, 0.25) is 5.95 Å². The van der Waals surface area contributed by atoms with E-state index in [1.165, 1.54) is 0 Å². The molecule has 0 radical (unpaired) electrons. The van der Waals surface area contributed by atoms with Crippen LogP contribution in [0.1, 0.15) is 5.69 Å². The Bertz CT molecular complexity index is 1110. The van der Waals surface area contributed by atoms with Crippen molar-refractivity contribution < 1.29 is 4.74 Å². The van der Waals surface area contributed by atoms with Gasteiger partial charge >= 0.3 is 0 Å².